The Kier molecular flexibility index (Phi) is 6.11. The van der Waals surface area contributed by atoms with Crippen LogP contribution in [0.5, 0.6) is 0 Å². The van der Waals surface area contributed by atoms with Gasteiger partial charge in [0.2, 0.25) is 0 Å². The molecule has 0 aromatic heterocycles. The van der Waals surface area contributed by atoms with Crippen LogP contribution in [0, 0.1) is 5.92 Å². The number of piperazine rings is 1. The van der Waals surface area contributed by atoms with Crippen LogP contribution >= 0.6 is 0 Å². The highest BCUT2D eigenvalue weighted by atomic mass is 15.3. The molecule has 0 aromatic rings. The minimum Gasteiger partial charge on any atom is -0.312 e. The number of hydrogen-bond acceptors (Lipinski definition) is 3. The summed E-state index contributed by atoms with van der Waals surface area (Å²) in [5, 5.41) is 3.77. The third-order valence-corrected chi connectivity index (χ3v) is 4.71. The molecule has 1 aliphatic carbocycles. The molecule has 112 valence electrons. The van der Waals surface area contributed by atoms with E-state index in [9.17, 15) is 0 Å². The summed E-state index contributed by atoms with van der Waals surface area (Å²) in [4.78, 5) is 5.29. The monoisotopic (exact) mass is 267 g/mol. The molecule has 0 amide bonds. The van der Waals surface area contributed by atoms with E-state index in [-0.39, 0.29) is 0 Å². The largest absolute Gasteiger partial charge is 0.312 e. The Hall–Kier alpha value is -0.120. The van der Waals surface area contributed by atoms with Crippen LogP contribution in [0.4, 0.5) is 0 Å². The molecular formula is C16H33N3. The van der Waals surface area contributed by atoms with Gasteiger partial charge in [-0.3, -0.25) is 4.90 Å². The molecule has 1 heterocycles. The first-order valence-electron chi connectivity index (χ1n) is 8.35. The summed E-state index contributed by atoms with van der Waals surface area (Å²) in [6, 6.07) is 1.51. The molecule has 2 rings (SSSR count). The Morgan fingerprint density at radius 3 is 2.21 bits per heavy atom. The third kappa shape index (κ3) is 5.05. The van der Waals surface area contributed by atoms with Gasteiger partial charge in [-0.1, -0.05) is 26.7 Å². The van der Waals surface area contributed by atoms with Crippen LogP contribution in [0.3, 0.4) is 0 Å². The molecule has 1 aliphatic heterocycles. The molecule has 3 nitrogen and oxygen atoms in total. The smallest absolute Gasteiger partial charge is 0.0193 e. The quantitative estimate of drug-likeness (QED) is 0.796. The van der Waals surface area contributed by atoms with Crippen LogP contribution in [0.15, 0.2) is 0 Å². The van der Waals surface area contributed by atoms with Crippen molar-refractivity contribution in [1.29, 1.82) is 0 Å². The van der Waals surface area contributed by atoms with E-state index in [0.717, 1.165) is 12.0 Å². The van der Waals surface area contributed by atoms with Crippen molar-refractivity contribution in [2.24, 2.45) is 5.92 Å². The second-order valence-electron chi connectivity index (χ2n) is 6.97. The van der Waals surface area contributed by atoms with Crippen LogP contribution in [-0.4, -0.2) is 61.2 Å². The predicted octanol–water partition coefficient (Wildman–Crippen LogP) is 2.18. The molecule has 2 aliphatic rings. The molecule has 19 heavy (non-hydrogen) atoms. The lowest BCUT2D eigenvalue weighted by molar-refractivity contribution is 0.0932. The van der Waals surface area contributed by atoms with Crippen molar-refractivity contribution >= 4 is 0 Å². The Balaban J connectivity index is 1.62. The van der Waals surface area contributed by atoms with E-state index in [1.807, 2.05) is 0 Å². The van der Waals surface area contributed by atoms with Crippen molar-refractivity contribution in [3.8, 4) is 0 Å². The van der Waals surface area contributed by atoms with E-state index in [1.165, 1.54) is 65.0 Å². The maximum absolute atomic E-state index is 3.77. The molecule has 1 saturated heterocycles. The summed E-state index contributed by atoms with van der Waals surface area (Å²) in [7, 11) is 0. The summed E-state index contributed by atoms with van der Waals surface area (Å²) >= 11 is 0. The second-order valence-corrected chi connectivity index (χ2v) is 6.97. The van der Waals surface area contributed by atoms with Crippen molar-refractivity contribution in [3.63, 3.8) is 0 Å². The zero-order chi connectivity index (χ0) is 13.7. The predicted molar refractivity (Wildman–Crippen MR) is 82.6 cm³/mol. The first kappa shape index (κ1) is 15.3. The lowest BCUT2D eigenvalue weighted by atomic mass is 10.1. The highest BCUT2D eigenvalue weighted by molar-refractivity contribution is 4.80. The summed E-state index contributed by atoms with van der Waals surface area (Å²) in [5.74, 6) is 0.799. The standard InChI is InChI=1S/C16H33N3/c1-14(2)13-18-8-10-19(11-9-18)15(3)12-17-16-6-4-5-7-16/h14-17H,4-13H2,1-3H3. The molecule has 2 fully saturated rings. The molecule has 1 N–H and O–H groups in total. The summed E-state index contributed by atoms with van der Waals surface area (Å²) in [6.45, 7) is 14.5. The molecule has 1 saturated carbocycles. The number of nitrogens with one attached hydrogen (secondary N) is 1. The molecule has 1 unspecified atom stereocenters. The Labute approximate surface area is 119 Å². The van der Waals surface area contributed by atoms with Crippen molar-refractivity contribution < 1.29 is 0 Å². The normalized spacial score (nSPS) is 25.3. The van der Waals surface area contributed by atoms with Crippen molar-refractivity contribution in [1.82, 2.24) is 15.1 Å². The summed E-state index contributed by atoms with van der Waals surface area (Å²) < 4.78 is 0. The minimum atomic E-state index is 0.696. The minimum absolute atomic E-state index is 0.696. The average molecular weight is 267 g/mol. The molecular weight excluding hydrogens is 234 g/mol. The van der Waals surface area contributed by atoms with Gasteiger partial charge < -0.3 is 10.2 Å². The van der Waals surface area contributed by atoms with Gasteiger partial charge in [-0.05, 0) is 25.7 Å². The van der Waals surface area contributed by atoms with Gasteiger partial charge in [0.25, 0.3) is 0 Å². The second kappa shape index (κ2) is 7.61. The van der Waals surface area contributed by atoms with Crippen molar-refractivity contribution in [2.75, 3.05) is 39.3 Å². The molecule has 0 spiro atoms. The van der Waals surface area contributed by atoms with E-state index in [4.69, 9.17) is 0 Å². The SMILES string of the molecule is CC(C)CN1CCN(C(C)CNC2CCCC2)CC1. The zero-order valence-electron chi connectivity index (χ0n) is 13.2. The molecule has 3 heteroatoms. The molecule has 1 atom stereocenters. The van der Waals surface area contributed by atoms with Gasteiger partial charge in [0.05, 0.1) is 0 Å². The lowest BCUT2D eigenvalue weighted by Crippen LogP contribution is -2.53. The van der Waals surface area contributed by atoms with Gasteiger partial charge in [-0.15, -0.1) is 0 Å². The van der Waals surface area contributed by atoms with Gasteiger partial charge in [-0.25, -0.2) is 0 Å². The summed E-state index contributed by atoms with van der Waals surface area (Å²) in [6.07, 6.45) is 5.66. The van der Waals surface area contributed by atoms with Gasteiger partial charge in [0.15, 0.2) is 0 Å². The van der Waals surface area contributed by atoms with E-state index < -0.39 is 0 Å². The van der Waals surface area contributed by atoms with Gasteiger partial charge in [0, 0.05) is 51.4 Å². The fourth-order valence-corrected chi connectivity index (χ4v) is 3.50. The van der Waals surface area contributed by atoms with E-state index >= 15 is 0 Å². The molecule has 0 bridgehead atoms. The van der Waals surface area contributed by atoms with E-state index in [1.54, 1.807) is 0 Å². The Morgan fingerprint density at radius 1 is 1.00 bits per heavy atom. The fraction of sp³-hybridized carbons (Fsp3) is 1.00. The molecule has 0 aromatic carbocycles. The first-order valence-corrected chi connectivity index (χ1v) is 8.35. The van der Waals surface area contributed by atoms with Crippen LogP contribution in [0.25, 0.3) is 0 Å². The van der Waals surface area contributed by atoms with Gasteiger partial charge in [-0.2, -0.15) is 0 Å². The summed E-state index contributed by atoms with van der Waals surface area (Å²) in [5.41, 5.74) is 0. The van der Waals surface area contributed by atoms with Gasteiger partial charge in [0.1, 0.15) is 0 Å². The molecule has 0 radical (unpaired) electrons. The van der Waals surface area contributed by atoms with Crippen LogP contribution < -0.4 is 5.32 Å². The number of hydrogen-bond donors (Lipinski definition) is 1. The van der Waals surface area contributed by atoms with Crippen molar-refractivity contribution in [2.45, 2.75) is 58.5 Å². The fourth-order valence-electron chi connectivity index (χ4n) is 3.50. The highest BCUT2D eigenvalue weighted by Gasteiger charge is 2.22. The Morgan fingerprint density at radius 2 is 1.63 bits per heavy atom. The van der Waals surface area contributed by atoms with Gasteiger partial charge >= 0.3 is 0 Å². The Bertz CT molecular complexity index is 240. The van der Waals surface area contributed by atoms with E-state index in [2.05, 4.69) is 35.9 Å². The zero-order valence-corrected chi connectivity index (χ0v) is 13.2. The topological polar surface area (TPSA) is 18.5 Å². The number of nitrogens with zero attached hydrogens (tertiary/aromatic N) is 2. The third-order valence-electron chi connectivity index (χ3n) is 4.71. The number of rotatable bonds is 6. The van der Waals surface area contributed by atoms with Crippen LogP contribution in [0.1, 0.15) is 46.5 Å². The van der Waals surface area contributed by atoms with E-state index in [0.29, 0.717) is 6.04 Å². The first-order chi connectivity index (χ1) is 9.15. The van der Waals surface area contributed by atoms with Crippen molar-refractivity contribution in [3.05, 3.63) is 0 Å². The lowest BCUT2D eigenvalue weighted by Gasteiger charge is -2.39. The van der Waals surface area contributed by atoms with Crippen LogP contribution in [0.2, 0.25) is 0 Å². The maximum atomic E-state index is 3.77. The maximum Gasteiger partial charge on any atom is 0.0193 e. The van der Waals surface area contributed by atoms with Crippen LogP contribution in [-0.2, 0) is 0 Å². The average Bonchev–Trinajstić information content (AvgIpc) is 2.89. The highest BCUT2D eigenvalue weighted by Crippen LogP contribution is 2.17.